The quantitative estimate of drug-likeness (QED) is 0.661. The van der Waals surface area contributed by atoms with Crippen LogP contribution in [0.5, 0.6) is 0 Å². The Balaban J connectivity index is 3.91. The average Bonchev–Trinajstić information content (AvgIpc) is 2.05. The van der Waals surface area contributed by atoms with Crippen LogP contribution in [0.1, 0.15) is 47.0 Å². The van der Waals surface area contributed by atoms with E-state index in [0.29, 0.717) is 18.7 Å². The molecule has 0 saturated carbocycles. The van der Waals surface area contributed by atoms with Crippen LogP contribution in [0.3, 0.4) is 0 Å². The number of hydrogen-bond acceptors (Lipinski definition) is 2. The standard InChI is InChI=1S/C11H25NO/c1-5-7-11(4)12(10(2)3)8-6-9-13/h10-11,13H,5-9H2,1-4H3. The third kappa shape index (κ3) is 5.27. The van der Waals surface area contributed by atoms with E-state index < -0.39 is 0 Å². The molecule has 0 aromatic rings. The maximum atomic E-state index is 8.78. The summed E-state index contributed by atoms with van der Waals surface area (Å²) in [4.78, 5) is 2.47. The topological polar surface area (TPSA) is 23.5 Å². The molecule has 1 unspecified atom stereocenters. The molecule has 0 fully saturated rings. The molecule has 0 spiro atoms. The highest BCUT2D eigenvalue weighted by atomic mass is 16.3. The molecule has 0 aliphatic rings. The van der Waals surface area contributed by atoms with Gasteiger partial charge in [0, 0.05) is 25.2 Å². The van der Waals surface area contributed by atoms with Gasteiger partial charge in [-0.1, -0.05) is 13.3 Å². The fourth-order valence-corrected chi connectivity index (χ4v) is 1.82. The first kappa shape index (κ1) is 12.9. The van der Waals surface area contributed by atoms with Crippen molar-refractivity contribution in [2.75, 3.05) is 13.2 Å². The second-order valence-corrected chi connectivity index (χ2v) is 4.05. The van der Waals surface area contributed by atoms with Crippen molar-refractivity contribution in [3.63, 3.8) is 0 Å². The van der Waals surface area contributed by atoms with Crippen molar-refractivity contribution in [1.29, 1.82) is 0 Å². The first-order chi connectivity index (χ1) is 6.13. The van der Waals surface area contributed by atoms with Crippen molar-refractivity contribution < 1.29 is 5.11 Å². The lowest BCUT2D eigenvalue weighted by Crippen LogP contribution is -2.39. The van der Waals surface area contributed by atoms with Gasteiger partial charge in [-0.15, -0.1) is 0 Å². The normalized spacial score (nSPS) is 14.1. The zero-order valence-electron chi connectivity index (χ0n) is 9.58. The molecule has 13 heavy (non-hydrogen) atoms. The highest BCUT2D eigenvalue weighted by Crippen LogP contribution is 2.10. The average molecular weight is 187 g/mol. The van der Waals surface area contributed by atoms with Gasteiger partial charge in [0.2, 0.25) is 0 Å². The molecule has 1 N–H and O–H groups in total. The molecule has 0 rings (SSSR count). The molecule has 2 nitrogen and oxygen atoms in total. The second kappa shape index (κ2) is 7.34. The Morgan fingerprint density at radius 2 is 1.85 bits per heavy atom. The van der Waals surface area contributed by atoms with Gasteiger partial charge in [-0.3, -0.25) is 4.90 Å². The minimum Gasteiger partial charge on any atom is -0.396 e. The summed E-state index contributed by atoms with van der Waals surface area (Å²) >= 11 is 0. The number of hydrogen-bond donors (Lipinski definition) is 1. The Labute approximate surface area is 82.9 Å². The van der Waals surface area contributed by atoms with Crippen molar-refractivity contribution in [2.24, 2.45) is 0 Å². The minimum atomic E-state index is 0.308. The Bertz CT molecular complexity index is 115. The van der Waals surface area contributed by atoms with E-state index in [1.54, 1.807) is 0 Å². The van der Waals surface area contributed by atoms with E-state index in [0.717, 1.165) is 13.0 Å². The molecule has 1 atom stereocenters. The molecule has 80 valence electrons. The SMILES string of the molecule is CCCC(C)N(CCCO)C(C)C. The smallest absolute Gasteiger partial charge is 0.0443 e. The Kier molecular flexibility index (Phi) is 7.29. The van der Waals surface area contributed by atoms with E-state index in [-0.39, 0.29) is 0 Å². The molecular weight excluding hydrogens is 162 g/mol. The van der Waals surface area contributed by atoms with Crippen LogP contribution in [-0.4, -0.2) is 35.2 Å². The van der Waals surface area contributed by atoms with E-state index >= 15 is 0 Å². The van der Waals surface area contributed by atoms with Crippen LogP contribution < -0.4 is 0 Å². The zero-order chi connectivity index (χ0) is 10.3. The number of aliphatic hydroxyl groups is 1. The van der Waals surface area contributed by atoms with Gasteiger partial charge in [0.15, 0.2) is 0 Å². The van der Waals surface area contributed by atoms with Crippen LogP contribution >= 0.6 is 0 Å². The molecule has 2 heteroatoms. The summed E-state index contributed by atoms with van der Waals surface area (Å²) in [6.45, 7) is 10.3. The zero-order valence-corrected chi connectivity index (χ0v) is 9.58. The minimum absolute atomic E-state index is 0.308. The predicted molar refractivity (Wildman–Crippen MR) is 57.9 cm³/mol. The third-order valence-electron chi connectivity index (χ3n) is 2.51. The molecule has 0 aliphatic carbocycles. The summed E-state index contributed by atoms with van der Waals surface area (Å²) in [5, 5.41) is 8.78. The number of nitrogens with zero attached hydrogens (tertiary/aromatic N) is 1. The van der Waals surface area contributed by atoms with Crippen LogP contribution in [0.15, 0.2) is 0 Å². The van der Waals surface area contributed by atoms with Crippen LogP contribution in [0.25, 0.3) is 0 Å². The monoisotopic (exact) mass is 187 g/mol. The Hall–Kier alpha value is -0.0800. The maximum absolute atomic E-state index is 8.78. The van der Waals surface area contributed by atoms with Crippen LogP contribution in [0.4, 0.5) is 0 Å². The van der Waals surface area contributed by atoms with Crippen molar-refractivity contribution in [3.8, 4) is 0 Å². The highest BCUT2D eigenvalue weighted by molar-refractivity contribution is 4.70. The summed E-state index contributed by atoms with van der Waals surface area (Å²) in [6, 6.07) is 1.24. The molecule has 0 saturated heterocycles. The predicted octanol–water partition coefficient (Wildman–Crippen LogP) is 2.27. The number of rotatable bonds is 7. The molecule has 0 bridgehead atoms. The molecule has 0 aliphatic heterocycles. The van der Waals surface area contributed by atoms with Gasteiger partial charge in [0.1, 0.15) is 0 Å². The van der Waals surface area contributed by atoms with Crippen molar-refractivity contribution >= 4 is 0 Å². The van der Waals surface area contributed by atoms with E-state index in [2.05, 4.69) is 32.6 Å². The summed E-state index contributed by atoms with van der Waals surface area (Å²) in [6.07, 6.45) is 3.39. The molecule has 0 amide bonds. The third-order valence-corrected chi connectivity index (χ3v) is 2.51. The van der Waals surface area contributed by atoms with Crippen molar-refractivity contribution in [3.05, 3.63) is 0 Å². The fraction of sp³-hybridized carbons (Fsp3) is 1.00. The molecule has 0 radical (unpaired) electrons. The lowest BCUT2D eigenvalue weighted by Gasteiger charge is -2.32. The highest BCUT2D eigenvalue weighted by Gasteiger charge is 2.15. The fourth-order valence-electron chi connectivity index (χ4n) is 1.82. The van der Waals surface area contributed by atoms with Gasteiger partial charge < -0.3 is 5.11 Å². The van der Waals surface area contributed by atoms with Gasteiger partial charge in [-0.25, -0.2) is 0 Å². The largest absolute Gasteiger partial charge is 0.396 e. The first-order valence-electron chi connectivity index (χ1n) is 5.50. The second-order valence-electron chi connectivity index (χ2n) is 4.05. The number of aliphatic hydroxyl groups excluding tert-OH is 1. The maximum Gasteiger partial charge on any atom is 0.0443 e. The van der Waals surface area contributed by atoms with Crippen LogP contribution in [0.2, 0.25) is 0 Å². The summed E-state index contributed by atoms with van der Waals surface area (Å²) in [5.74, 6) is 0. The van der Waals surface area contributed by atoms with E-state index in [9.17, 15) is 0 Å². The Morgan fingerprint density at radius 3 is 2.23 bits per heavy atom. The van der Waals surface area contributed by atoms with Crippen molar-refractivity contribution in [1.82, 2.24) is 4.90 Å². The van der Waals surface area contributed by atoms with E-state index in [4.69, 9.17) is 5.11 Å². The molecule has 0 heterocycles. The Morgan fingerprint density at radius 1 is 1.23 bits per heavy atom. The first-order valence-corrected chi connectivity index (χ1v) is 5.50. The van der Waals surface area contributed by atoms with Gasteiger partial charge >= 0.3 is 0 Å². The lowest BCUT2D eigenvalue weighted by atomic mass is 10.1. The van der Waals surface area contributed by atoms with Gasteiger partial charge in [0.25, 0.3) is 0 Å². The molecule has 0 aromatic heterocycles. The molecular formula is C11H25NO. The summed E-state index contributed by atoms with van der Waals surface area (Å²) < 4.78 is 0. The summed E-state index contributed by atoms with van der Waals surface area (Å²) in [7, 11) is 0. The molecule has 0 aromatic carbocycles. The van der Waals surface area contributed by atoms with Crippen molar-refractivity contribution in [2.45, 2.75) is 59.0 Å². The van der Waals surface area contributed by atoms with Crippen LogP contribution in [-0.2, 0) is 0 Å². The van der Waals surface area contributed by atoms with Gasteiger partial charge in [0.05, 0.1) is 0 Å². The van der Waals surface area contributed by atoms with E-state index in [1.807, 2.05) is 0 Å². The van der Waals surface area contributed by atoms with E-state index in [1.165, 1.54) is 12.8 Å². The summed E-state index contributed by atoms with van der Waals surface area (Å²) in [5.41, 5.74) is 0. The lowest BCUT2D eigenvalue weighted by molar-refractivity contribution is 0.140. The van der Waals surface area contributed by atoms with Gasteiger partial charge in [-0.2, -0.15) is 0 Å². The van der Waals surface area contributed by atoms with Crippen LogP contribution in [0, 0.1) is 0 Å². The van der Waals surface area contributed by atoms with Gasteiger partial charge in [-0.05, 0) is 33.6 Å².